The van der Waals surface area contributed by atoms with Crippen LogP contribution in [0.15, 0.2) is 0 Å². The van der Waals surface area contributed by atoms with Crippen molar-refractivity contribution in [1.82, 2.24) is 9.80 Å². The van der Waals surface area contributed by atoms with Gasteiger partial charge in [-0.05, 0) is 70.7 Å². The summed E-state index contributed by atoms with van der Waals surface area (Å²) >= 11 is 0. The smallest absolute Gasteiger partial charge is 0.0109 e. The van der Waals surface area contributed by atoms with E-state index in [9.17, 15) is 0 Å². The van der Waals surface area contributed by atoms with Crippen molar-refractivity contribution in [2.75, 3.05) is 46.3 Å². The molecule has 2 aliphatic rings. The third kappa shape index (κ3) is 4.73. The zero-order valence-electron chi connectivity index (χ0n) is 12.9. The second-order valence-electron chi connectivity index (χ2n) is 6.87. The lowest BCUT2D eigenvalue weighted by Gasteiger charge is -2.37. The fraction of sp³-hybridized carbons (Fsp3) is 1.00. The van der Waals surface area contributed by atoms with Crippen LogP contribution in [0.5, 0.6) is 0 Å². The van der Waals surface area contributed by atoms with Crippen LogP contribution >= 0.6 is 0 Å². The van der Waals surface area contributed by atoms with Gasteiger partial charge in [-0.15, -0.1) is 0 Å². The number of hydrogen-bond acceptors (Lipinski definition) is 3. The SMILES string of the molecule is CN(CCN1CCCC1)CCC1(CN)CCCCC1. The molecule has 0 spiro atoms. The summed E-state index contributed by atoms with van der Waals surface area (Å²) in [5.74, 6) is 0. The minimum atomic E-state index is 0.472. The van der Waals surface area contributed by atoms with Gasteiger partial charge in [-0.3, -0.25) is 0 Å². The van der Waals surface area contributed by atoms with Gasteiger partial charge >= 0.3 is 0 Å². The van der Waals surface area contributed by atoms with Gasteiger partial charge in [-0.2, -0.15) is 0 Å². The molecule has 2 rings (SSSR count). The Bertz CT molecular complexity index is 242. The van der Waals surface area contributed by atoms with Gasteiger partial charge in [0, 0.05) is 13.1 Å². The van der Waals surface area contributed by atoms with Crippen LogP contribution in [0.4, 0.5) is 0 Å². The first-order valence-electron chi connectivity index (χ1n) is 8.35. The molecule has 0 radical (unpaired) electrons. The van der Waals surface area contributed by atoms with Crippen LogP contribution in [0.25, 0.3) is 0 Å². The molecule has 0 amide bonds. The molecular formula is C16H33N3. The molecule has 1 aliphatic carbocycles. The summed E-state index contributed by atoms with van der Waals surface area (Å²) in [4.78, 5) is 5.13. The molecule has 0 bridgehead atoms. The predicted octanol–water partition coefficient (Wildman–Crippen LogP) is 2.31. The van der Waals surface area contributed by atoms with E-state index in [2.05, 4.69) is 16.8 Å². The lowest BCUT2D eigenvalue weighted by Crippen LogP contribution is -2.38. The van der Waals surface area contributed by atoms with E-state index in [1.165, 1.54) is 84.1 Å². The second-order valence-corrected chi connectivity index (χ2v) is 6.87. The maximum Gasteiger partial charge on any atom is 0.0109 e. The minimum absolute atomic E-state index is 0.472. The molecule has 1 heterocycles. The van der Waals surface area contributed by atoms with Gasteiger partial charge in [-0.1, -0.05) is 19.3 Å². The number of hydrogen-bond donors (Lipinski definition) is 1. The Balaban J connectivity index is 1.65. The lowest BCUT2D eigenvalue weighted by molar-refractivity contribution is 0.151. The van der Waals surface area contributed by atoms with Crippen molar-refractivity contribution >= 4 is 0 Å². The zero-order valence-corrected chi connectivity index (χ0v) is 12.9. The number of rotatable bonds is 7. The molecule has 1 saturated heterocycles. The summed E-state index contributed by atoms with van der Waals surface area (Å²) in [6.45, 7) is 7.24. The molecule has 0 aromatic rings. The number of likely N-dealkylation sites (N-methyl/N-ethyl adjacent to an activating group) is 1. The summed E-state index contributed by atoms with van der Waals surface area (Å²) in [5.41, 5.74) is 6.54. The first kappa shape index (κ1) is 15.3. The highest BCUT2D eigenvalue weighted by Gasteiger charge is 2.30. The van der Waals surface area contributed by atoms with E-state index >= 15 is 0 Å². The maximum atomic E-state index is 6.07. The summed E-state index contributed by atoms with van der Waals surface area (Å²) in [6.07, 6.45) is 11.1. The molecule has 0 atom stereocenters. The lowest BCUT2D eigenvalue weighted by atomic mass is 9.72. The van der Waals surface area contributed by atoms with Crippen LogP contribution in [-0.2, 0) is 0 Å². The van der Waals surface area contributed by atoms with Crippen molar-refractivity contribution in [1.29, 1.82) is 0 Å². The number of nitrogens with zero attached hydrogens (tertiary/aromatic N) is 2. The van der Waals surface area contributed by atoms with E-state index in [4.69, 9.17) is 5.73 Å². The van der Waals surface area contributed by atoms with Crippen LogP contribution in [0.3, 0.4) is 0 Å². The summed E-state index contributed by atoms with van der Waals surface area (Å²) < 4.78 is 0. The Kier molecular flexibility index (Phi) is 6.11. The predicted molar refractivity (Wildman–Crippen MR) is 82.4 cm³/mol. The average Bonchev–Trinajstić information content (AvgIpc) is 2.97. The minimum Gasteiger partial charge on any atom is -0.330 e. The Hall–Kier alpha value is -0.120. The molecule has 1 saturated carbocycles. The highest BCUT2D eigenvalue weighted by Crippen LogP contribution is 2.38. The first-order chi connectivity index (χ1) is 9.24. The van der Waals surface area contributed by atoms with E-state index < -0.39 is 0 Å². The van der Waals surface area contributed by atoms with Crippen molar-refractivity contribution in [3.8, 4) is 0 Å². The second kappa shape index (κ2) is 7.61. The van der Waals surface area contributed by atoms with Gasteiger partial charge in [0.05, 0.1) is 0 Å². The number of nitrogens with two attached hydrogens (primary N) is 1. The third-order valence-corrected chi connectivity index (χ3v) is 5.37. The van der Waals surface area contributed by atoms with E-state index in [0.29, 0.717) is 5.41 Å². The Morgan fingerprint density at radius 3 is 2.32 bits per heavy atom. The van der Waals surface area contributed by atoms with Crippen LogP contribution in [-0.4, -0.2) is 56.1 Å². The molecule has 19 heavy (non-hydrogen) atoms. The Morgan fingerprint density at radius 2 is 1.68 bits per heavy atom. The van der Waals surface area contributed by atoms with E-state index in [-0.39, 0.29) is 0 Å². The monoisotopic (exact) mass is 267 g/mol. The summed E-state index contributed by atoms with van der Waals surface area (Å²) in [6, 6.07) is 0. The highest BCUT2D eigenvalue weighted by molar-refractivity contribution is 4.84. The standard InChI is InChI=1S/C16H33N3/c1-18(13-14-19-10-5-6-11-19)12-9-16(15-17)7-3-2-4-8-16/h2-15,17H2,1H3. The van der Waals surface area contributed by atoms with Crippen molar-refractivity contribution in [3.05, 3.63) is 0 Å². The van der Waals surface area contributed by atoms with E-state index in [0.717, 1.165) is 6.54 Å². The molecule has 0 aromatic heterocycles. The summed E-state index contributed by atoms with van der Waals surface area (Å²) in [7, 11) is 2.28. The molecule has 0 unspecified atom stereocenters. The van der Waals surface area contributed by atoms with Crippen molar-refractivity contribution < 1.29 is 0 Å². The molecule has 3 nitrogen and oxygen atoms in total. The molecular weight excluding hydrogens is 234 g/mol. The van der Waals surface area contributed by atoms with Gasteiger partial charge in [0.15, 0.2) is 0 Å². The van der Waals surface area contributed by atoms with Crippen molar-refractivity contribution in [2.24, 2.45) is 11.1 Å². The molecule has 3 heteroatoms. The van der Waals surface area contributed by atoms with Crippen LogP contribution in [0.2, 0.25) is 0 Å². The molecule has 2 fully saturated rings. The average molecular weight is 267 g/mol. The fourth-order valence-electron chi connectivity index (χ4n) is 3.72. The normalized spacial score (nSPS) is 24.2. The molecule has 1 aliphatic heterocycles. The van der Waals surface area contributed by atoms with Crippen LogP contribution < -0.4 is 5.73 Å². The van der Waals surface area contributed by atoms with E-state index in [1.54, 1.807) is 0 Å². The topological polar surface area (TPSA) is 32.5 Å². The van der Waals surface area contributed by atoms with Crippen molar-refractivity contribution in [2.45, 2.75) is 51.4 Å². The fourth-order valence-corrected chi connectivity index (χ4v) is 3.72. The number of likely N-dealkylation sites (tertiary alicyclic amines) is 1. The van der Waals surface area contributed by atoms with Gasteiger partial charge in [0.2, 0.25) is 0 Å². The quantitative estimate of drug-likeness (QED) is 0.768. The highest BCUT2D eigenvalue weighted by atomic mass is 15.2. The first-order valence-corrected chi connectivity index (χ1v) is 8.35. The zero-order chi connectivity index (χ0) is 13.6. The van der Waals surface area contributed by atoms with Crippen LogP contribution in [0, 0.1) is 5.41 Å². The molecule has 112 valence electrons. The summed E-state index contributed by atoms with van der Waals surface area (Å²) in [5, 5.41) is 0. The van der Waals surface area contributed by atoms with Crippen molar-refractivity contribution in [3.63, 3.8) is 0 Å². The Labute approximate surface area is 119 Å². The molecule has 2 N–H and O–H groups in total. The molecule has 0 aromatic carbocycles. The van der Waals surface area contributed by atoms with Gasteiger partial charge in [-0.25, -0.2) is 0 Å². The maximum absolute atomic E-state index is 6.07. The van der Waals surface area contributed by atoms with E-state index in [1.807, 2.05) is 0 Å². The van der Waals surface area contributed by atoms with Crippen LogP contribution in [0.1, 0.15) is 51.4 Å². The van der Waals surface area contributed by atoms with Gasteiger partial charge in [0.25, 0.3) is 0 Å². The van der Waals surface area contributed by atoms with Gasteiger partial charge in [0.1, 0.15) is 0 Å². The third-order valence-electron chi connectivity index (χ3n) is 5.37. The van der Waals surface area contributed by atoms with Gasteiger partial charge < -0.3 is 15.5 Å². The Morgan fingerprint density at radius 1 is 1.00 bits per heavy atom. The largest absolute Gasteiger partial charge is 0.330 e.